The van der Waals surface area contributed by atoms with Gasteiger partial charge in [-0.1, -0.05) is 6.07 Å². The summed E-state index contributed by atoms with van der Waals surface area (Å²) >= 11 is 1.44. The molecule has 2 N–H and O–H groups in total. The fourth-order valence-electron chi connectivity index (χ4n) is 5.28. The van der Waals surface area contributed by atoms with Gasteiger partial charge < -0.3 is 19.8 Å². The van der Waals surface area contributed by atoms with E-state index in [9.17, 15) is 23.4 Å². The number of fused-ring (bicyclic) bond motifs is 1. The molecule has 9 heteroatoms. The number of aromatic nitrogens is 1. The van der Waals surface area contributed by atoms with Crippen LogP contribution in [0.1, 0.15) is 42.9 Å². The summed E-state index contributed by atoms with van der Waals surface area (Å²) in [7, 11) is 1.62. The van der Waals surface area contributed by atoms with Crippen LogP contribution in [0, 0.1) is 11.8 Å². The van der Waals surface area contributed by atoms with Crippen LogP contribution in [0.15, 0.2) is 59.6 Å². The highest BCUT2D eigenvalue weighted by Gasteiger charge is 2.31. The Kier molecular flexibility index (Phi) is 9.92. The van der Waals surface area contributed by atoms with Crippen molar-refractivity contribution in [2.75, 3.05) is 39.1 Å². The molecule has 0 spiro atoms. The van der Waals surface area contributed by atoms with Crippen molar-refractivity contribution in [3.63, 3.8) is 0 Å². The summed E-state index contributed by atoms with van der Waals surface area (Å²) in [5, 5.41) is 22.0. The smallest absolute Gasteiger partial charge is 0.416 e. The van der Waals surface area contributed by atoms with Crippen molar-refractivity contribution in [3.8, 4) is 5.75 Å². The van der Waals surface area contributed by atoms with Crippen molar-refractivity contribution >= 4 is 22.7 Å². The molecule has 1 saturated heterocycles. The first-order chi connectivity index (χ1) is 18.3. The van der Waals surface area contributed by atoms with Gasteiger partial charge in [-0.25, -0.2) is 0 Å². The second kappa shape index (κ2) is 13.2. The normalized spacial score (nSPS) is 19.5. The number of pyridine rings is 1. The molecule has 0 radical (unpaired) electrons. The molecule has 0 aliphatic carbocycles. The first-order valence-electron chi connectivity index (χ1n) is 13.0. The van der Waals surface area contributed by atoms with Crippen molar-refractivity contribution < 1.29 is 28.1 Å². The van der Waals surface area contributed by atoms with Crippen LogP contribution in [0.5, 0.6) is 5.75 Å². The van der Waals surface area contributed by atoms with Crippen molar-refractivity contribution in [1.29, 1.82) is 0 Å². The Balaban J connectivity index is 1.24. The number of methoxy groups -OCH3 is 1. The van der Waals surface area contributed by atoms with Gasteiger partial charge in [-0.05, 0) is 104 Å². The Bertz CT molecular complexity index is 1190. The average molecular weight is 549 g/mol. The predicted octanol–water partition coefficient (Wildman–Crippen LogP) is 6.19. The van der Waals surface area contributed by atoms with Gasteiger partial charge in [-0.15, -0.1) is 11.8 Å². The van der Waals surface area contributed by atoms with Gasteiger partial charge in [0.25, 0.3) is 0 Å². The average Bonchev–Trinajstić information content (AvgIpc) is 2.93. The molecule has 3 atom stereocenters. The van der Waals surface area contributed by atoms with Gasteiger partial charge in [-0.2, -0.15) is 13.2 Å². The van der Waals surface area contributed by atoms with Crippen LogP contribution >= 0.6 is 11.8 Å². The third-order valence-corrected chi connectivity index (χ3v) is 8.49. The monoisotopic (exact) mass is 548 g/mol. The van der Waals surface area contributed by atoms with Crippen LogP contribution in [-0.4, -0.2) is 59.2 Å². The lowest BCUT2D eigenvalue weighted by molar-refractivity contribution is -0.137. The molecule has 206 valence electrons. The Hall–Kier alpha value is -2.33. The second-order valence-corrected chi connectivity index (χ2v) is 11.1. The molecule has 38 heavy (non-hydrogen) atoms. The summed E-state index contributed by atoms with van der Waals surface area (Å²) in [6, 6.07) is 13.0. The number of aliphatic hydroxyl groups excluding tert-OH is 2. The number of piperidine rings is 1. The summed E-state index contributed by atoms with van der Waals surface area (Å²) in [6.45, 7) is 2.66. The number of rotatable bonds is 11. The molecule has 1 aliphatic heterocycles. The maximum atomic E-state index is 12.9. The maximum Gasteiger partial charge on any atom is 0.416 e. The van der Waals surface area contributed by atoms with E-state index in [2.05, 4.69) is 9.88 Å². The number of alkyl halides is 3. The minimum absolute atomic E-state index is 0.103. The van der Waals surface area contributed by atoms with Crippen LogP contribution < -0.4 is 4.74 Å². The molecule has 1 aromatic heterocycles. The highest BCUT2D eigenvalue weighted by Crippen LogP contribution is 2.34. The number of thioether (sulfide) groups is 1. The summed E-state index contributed by atoms with van der Waals surface area (Å²) < 4.78 is 44.1. The lowest BCUT2D eigenvalue weighted by atomic mass is 9.81. The van der Waals surface area contributed by atoms with Crippen molar-refractivity contribution in [2.45, 2.75) is 42.9 Å². The van der Waals surface area contributed by atoms with Gasteiger partial charge >= 0.3 is 6.18 Å². The fourth-order valence-corrected chi connectivity index (χ4v) is 6.17. The van der Waals surface area contributed by atoms with E-state index in [1.165, 1.54) is 23.9 Å². The summed E-state index contributed by atoms with van der Waals surface area (Å²) in [4.78, 5) is 7.36. The Morgan fingerprint density at radius 1 is 1.16 bits per heavy atom. The highest BCUT2D eigenvalue weighted by molar-refractivity contribution is 7.99. The number of hydrogen-bond acceptors (Lipinski definition) is 6. The summed E-state index contributed by atoms with van der Waals surface area (Å²) in [6.07, 6.45) is -0.00320. The van der Waals surface area contributed by atoms with E-state index in [0.29, 0.717) is 17.2 Å². The molecule has 2 aromatic carbocycles. The maximum absolute atomic E-state index is 12.9. The van der Waals surface area contributed by atoms with E-state index in [-0.39, 0.29) is 12.5 Å². The third-order valence-electron chi connectivity index (χ3n) is 7.41. The predicted molar refractivity (Wildman–Crippen MR) is 144 cm³/mol. The quantitative estimate of drug-likeness (QED) is 0.220. The molecule has 1 fully saturated rings. The standard InChI is InChI=1S/C29H35F3N2O3S/c1-37-23-7-8-27-26(17-23)25(10-12-33-27)28(36)9-6-20-11-14-34(18-21(20)19-35)13-3-15-38-24-5-2-4-22(16-24)29(30,31)32/h2,4-5,7-8,10,12,16-17,20-21,28,35-36H,3,6,9,11,13-15,18-19H2,1H3/t20-,21-,28+/m1/s1. The van der Waals surface area contributed by atoms with E-state index in [0.717, 1.165) is 72.9 Å². The molecule has 0 unspecified atom stereocenters. The van der Waals surface area contributed by atoms with Gasteiger partial charge in [0, 0.05) is 29.6 Å². The van der Waals surface area contributed by atoms with Crippen LogP contribution in [0.25, 0.3) is 10.9 Å². The van der Waals surface area contributed by atoms with E-state index in [1.807, 2.05) is 24.3 Å². The van der Waals surface area contributed by atoms with Gasteiger partial charge in [0.05, 0.1) is 24.3 Å². The van der Waals surface area contributed by atoms with Crippen LogP contribution in [0.4, 0.5) is 13.2 Å². The van der Waals surface area contributed by atoms with Gasteiger partial charge in [-0.3, -0.25) is 4.98 Å². The number of ether oxygens (including phenoxy) is 1. The van der Waals surface area contributed by atoms with Crippen LogP contribution in [0.3, 0.4) is 0 Å². The number of hydrogen-bond donors (Lipinski definition) is 2. The SMILES string of the molecule is COc1ccc2nccc([C@@H](O)CC[C@@H]3CCN(CCCSc4cccc(C(F)(F)F)c4)C[C@@H]3CO)c2c1. The first kappa shape index (κ1) is 28.7. The minimum atomic E-state index is -4.32. The largest absolute Gasteiger partial charge is 0.497 e. The highest BCUT2D eigenvalue weighted by atomic mass is 32.2. The lowest BCUT2D eigenvalue weighted by Crippen LogP contribution is -2.42. The number of aliphatic hydroxyl groups is 2. The molecule has 4 rings (SSSR count). The van der Waals surface area contributed by atoms with E-state index >= 15 is 0 Å². The van der Waals surface area contributed by atoms with Gasteiger partial charge in [0.15, 0.2) is 0 Å². The van der Waals surface area contributed by atoms with Crippen molar-refractivity contribution in [2.24, 2.45) is 11.8 Å². The van der Waals surface area contributed by atoms with E-state index < -0.39 is 17.8 Å². The molecular weight excluding hydrogens is 513 g/mol. The molecule has 5 nitrogen and oxygen atoms in total. The van der Waals surface area contributed by atoms with E-state index in [1.54, 1.807) is 19.4 Å². The lowest BCUT2D eigenvalue weighted by Gasteiger charge is -2.38. The summed E-state index contributed by atoms with van der Waals surface area (Å²) in [5.41, 5.74) is 1.04. The minimum Gasteiger partial charge on any atom is -0.497 e. The van der Waals surface area contributed by atoms with Crippen molar-refractivity contribution in [1.82, 2.24) is 9.88 Å². The molecule has 3 aromatic rings. The zero-order valence-electron chi connectivity index (χ0n) is 21.5. The Labute approximate surface area is 226 Å². The Morgan fingerprint density at radius 2 is 2.00 bits per heavy atom. The molecule has 0 amide bonds. The Morgan fingerprint density at radius 3 is 2.76 bits per heavy atom. The first-order valence-corrected chi connectivity index (χ1v) is 14.0. The molecular formula is C29H35F3N2O3S. The molecule has 2 heterocycles. The van der Waals surface area contributed by atoms with E-state index in [4.69, 9.17) is 4.74 Å². The van der Waals surface area contributed by atoms with Crippen LogP contribution in [0.2, 0.25) is 0 Å². The zero-order chi connectivity index (χ0) is 27.1. The topological polar surface area (TPSA) is 65.8 Å². The number of likely N-dealkylation sites (tertiary alicyclic amines) is 1. The molecule has 0 bridgehead atoms. The second-order valence-electron chi connectivity index (χ2n) is 9.90. The van der Waals surface area contributed by atoms with Crippen LogP contribution in [-0.2, 0) is 6.18 Å². The third kappa shape index (κ3) is 7.40. The number of nitrogens with zero attached hydrogens (tertiary/aromatic N) is 2. The number of benzene rings is 2. The van der Waals surface area contributed by atoms with Crippen molar-refractivity contribution in [3.05, 3.63) is 65.9 Å². The summed E-state index contributed by atoms with van der Waals surface area (Å²) in [5.74, 6) is 1.93. The van der Waals surface area contributed by atoms with Gasteiger partial charge in [0.2, 0.25) is 0 Å². The molecule has 1 aliphatic rings. The zero-order valence-corrected chi connectivity index (χ0v) is 22.3. The van der Waals surface area contributed by atoms with Gasteiger partial charge in [0.1, 0.15) is 5.75 Å². The molecule has 0 saturated carbocycles. The number of halogens is 3. The fraction of sp³-hybridized carbons (Fsp3) is 0.483.